The summed E-state index contributed by atoms with van der Waals surface area (Å²) >= 11 is 0. The summed E-state index contributed by atoms with van der Waals surface area (Å²) in [6, 6.07) is 0. The summed E-state index contributed by atoms with van der Waals surface area (Å²) in [5, 5.41) is 0. The normalized spacial score (nSPS) is 26.9. The van der Waals surface area contributed by atoms with Crippen molar-refractivity contribution in [2.45, 2.75) is 51.4 Å². The zero-order valence-electron chi connectivity index (χ0n) is 18.5. The molecular weight excluding hydrogens is 392 g/mol. The van der Waals surface area contributed by atoms with Gasteiger partial charge in [-0.05, 0) is 63.2 Å². The van der Waals surface area contributed by atoms with Crippen molar-refractivity contribution in [3.8, 4) is 0 Å². The third-order valence-corrected chi connectivity index (χ3v) is 6.09. The molecule has 0 aromatic rings. The number of hydrogen-bond acceptors (Lipinski definition) is 8. The van der Waals surface area contributed by atoms with E-state index in [0.717, 1.165) is 58.0 Å². The van der Waals surface area contributed by atoms with Crippen molar-refractivity contribution in [1.82, 2.24) is 0 Å². The summed E-state index contributed by atoms with van der Waals surface area (Å²) in [4.78, 5) is 34.5. The van der Waals surface area contributed by atoms with Crippen LogP contribution in [0.2, 0.25) is 0 Å². The Hall–Kier alpha value is -1.22. The topological polar surface area (TPSA) is 89.5 Å². The van der Waals surface area contributed by atoms with E-state index in [9.17, 15) is 9.59 Å². The van der Waals surface area contributed by atoms with E-state index in [0.29, 0.717) is 31.7 Å². The monoisotopic (exact) mass is 430 g/mol. The zero-order chi connectivity index (χ0) is 21.6. The number of carbonyl (C=O) groups is 2. The van der Waals surface area contributed by atoms with Crippen LogP contribution in [-0.4, -0.2) is 65.8 Å². The highest BCUT2D eigenvalue weighted by Crippen LogP contribution is 2.30. The van der Waals surface area contributed by atoms with Crippen molar-refractivity contribution in [3.63, 3.8) is 0 Å². The minimum atomic E-state index is -0.134. The maximum atomic E-state index is 12.1. The lowest BCUT2D eigenvalue weighted by molar-refractivity contribution is -0.306. The van der Waals surface area contributed by atoms with Crippen molar-refractivity contribution in [2.24, 2.45) is 23.7 Å². The molecule has 0 aromatic heterocycles. The quantitative estimate of drug-likeness (QED) is 0.191. The second-order valence-corrected chi connectivity index (χ2v) is 8.32. The lowest BCUT2D eigenvalue weighted by atomic mass is 9.82. The van der Waals surface area contributed by atoms with Crippen LogP contribution in [0.25, 0.3) is 0 Å². The molecule has 0 unspecified atom stereocenters. The van der Waals surface area contributed by atoms with Crippen molar-refractivity contribution >= 4 is 11.9 Å². The molecule has 2 aliphatic rings. The van der Waals surface area contributed by atoms with E-state index >= 15 is 0 Å². The van der Waals surface area contributed by atoms with Gasteiger partial charge in [0.2, 0.25) is 0 Å². The first-order valence-electron chi connectivity index (χ1n) is 11.2. The molecule has 0 atom stereocenters. The first-order chi connectivity index (χ1) is 14.6. The minimum Gasteiger partial charge on any atom is -0.463 e. The Balaban J connectivity index is 1.45. The van der Waals surface area contributed by atoms with Gasteiger partial charge in [-0.2, -0.15) is 0 Å². The summed E-state index contributed by atoms with van der Waals surface area (Å²) in [5.74, 6) is 0.644. The molecule has 8 nitrogen and oxygen atoms in total. The van der Waals surface area contributed by atoms with Crippen molar-refractivity contribution in [1.29, 1.82) is 0 Å². The maximum Gasteiger partial charge on any atom is 0.309 e. The SMILES string of the molecule is COCCOC(=O)C1CCC(COOCCOC(=O)C2CCC(COC)CC2)CC1. The van der Waals surface area contributed by atoms with Crippen LogP contribution in [0.5, 0.6) is 0 Å². The highest BCUT2D eigenvalue weighted by molar-refractivity contribution is 5.72. The van der Waals surface area contributed by atoms with Gasteiger partial charge in [0.15, 0.2) is 0 Å². The molecule has 0 spiro atoms. The van der Waals surface area contributed by atoms with Gasteiger partial charge >= 0.3 is 11.9 Å². The molecule has 30 heavy (non-hydrogen) atoms. The fraction of sp³-hybridized carbons (Fsp3) is 0.909. The van der Waals surface area contributed by atoms with Gasteiger partial charge < -0.3 is 18.9 Å². The molecule has 8 heteroatoms. The Bertz CT molecular complexity index is 482. The van der Waals surface area contributed by atoms with E-state index in [4.69, 9.17) is 28.7 Å². The minimum absolute atomic E-state index is 0.00426. The maximum absolute atomic E-state index is 12.1. The molecule has 0 bridgehead atoms. The highest BCUT2D eigenvalue weighted by Gasteiger charge is 2.28. The van der Waals surface area contributed by atoms with E-state index < -0.39 is 0 Å². The molecule has 0 aliphatic heterocycles. The summed E-state index contributed by atoms with van der Waals surface area (Å²) in [5.41, 5.74) is 0. The third-order valence-electron chi connectivity index (χ3n) is 6.09. The van der Waals surface area contributed by atoms with Crippen molar-refractivity contribution < 1.29 is 38.3 Å². The smallest absolute Gasteiger partial charge is 0.309 e. The number of ether oxygens (including phenoxy) is 4. The molecule has 2 rings (SSSR count). The van der Waals surface area contributed by atoms with Gasteiger partial charge in [0, 0.05) is 20.8 Å². The van der Waals surface area contributed by atoms with E-state index in [1.54, 1.807) is 14.2 Å². The van der Waals surface area contributed by atoms with Crippen molar-refractivity contribution in [3.05, 3.63) is 0 Å². The third kappa shape index (κ3) is 9.29. The van der Waals surface area contributed by atoms with Gasteiger partial charge in [-0.25, -0.2) is 9.78 Å². The van der Waals surface area contributed by atoms with Gasteiger partial charge in [0.1, 0.15) is 19.8 Å². The van der Waals surface area contributed by atoms with Crippen LogP contribution >= 0.6 is 0 Å². The summed E-state index contributed by atoms with van der Waals surface area (Å²) in [7, 11) is 3.30. The predicted molar refractivity (Wildman–Crippen MR) is 108 cm³/mol. The summed E-state index contributed by atoms with van der Waals surface area (Å²) < 4.78 is 20.6. The molecule has 2 aliphatic carbocycles. The van der Waals surface area contributed by atoms with Gasteiger partial charge in [-0.3, -0.25) is 9.59 Å². The van der Waals surface area contributed by atoms with Gasteiger partial charge in [-0.15, -0.1) is 0 Å². The van der Waals surface area contributed by atoms with Crippen LogP contribution in [0.1, 0.15) is 51.4 Å². The fourth-order valence-corrected chi connectivity index (χ4v) is 4.21. The first kappa shape index (κ1) is 25.0. The second-order valence-electron chi connectivity index (χ2n) is 8.32. The molecule has 0 N–H and O–H groups in total. The van der Waals surface area contributed by atoms with E-state index in [1.807, 2.05) is 0 Å². The Kier molecular flexibility index (Phi) is 12.3. The van der Waals surface area contributed by atoms with E-state index in [1.165, 1.54) is 0 Å². The standard InChI is InChI=1S/C22H38O8/c1-25-11-12-27-21(23)20-9-5-18(6-10-20)16-30-29-14-13-28-22(24)19-7-3-17(4-8-19)15-26-2/h17-20H,3-16H2,1-2H3. The Morgan fingerprint density at radius 2 is 1.10 bits per heavy atom. The van der Waals surface area contributed by atoms with Gasteiger partial charge in [0.25, 0.3) is 0 Å². The zero-order valence-corrected chi connectivity index (χ0v) is 18.5. The first-order valence-corrected chi connectivity index (χ1v) is 11.2. The number of esters is 2. The molecule has 174 valence electrons. The largest absolute Gasteiger partial charge is 0.463 e. The Morgan fingerprint density at radius 3 is 1.60 bits per heavy atom. The van der Waals surface area contributed by atoms with Gasteiger partial charge in [0.05, 0.1) is 25.0 Å². The number of rotatable bonds is 13. The Morgan fingerprint density at radius 1 is 0.600 bits per heavy atom. The fourth-order valence-electron chi connectivity index (χ4n) is 4.21. The summed E-state index contributed by atoms with van der Waals surface area (Å²) in [6.07, 6.45) is 7.21. The lowest BCUT2D eigenvalue weighted by Crippen LogP contribution is -2.27. The molecule has 0 heterocycles. The molecule has 2 saturated carbocycles. The lowest BCUT2D eigenvalue weighted by Gasteiger charge is -2.27. The molecular formula is C22H38O8. The van der Waals surface area contributed by atoms with Crippen LogP contribution in [0, 0.1) is 23.7 Å². The summed E-state index contributed by atoms with van der Waals surface area (Å²) in [6.45, 7) is 2.43. The second kappa shape index (κ2) is 14.7. The van der Waals surface area contributed by atoms with Gasteiger partial charge in [-0.1, -0.05) is 0 Å². The molecule has 0 aromatic carbocycles. The van der Waals surface area contributed by atoms with Crippen LogP contribution in [0.3, 0.4) is 0 Å². The number of methoxy groups -OCH3 is 2. The highest BCUT2D eigenvalue weighted by atomic mass is 17.2. The average Bonchev–Trinajstić information content (AvgIpc) is 2.77. The van der Waals surface area contributed by atoms with Crippen LogP contribution in [0.15, 0.2) is 0 Å². The number of hydrogen-bond donors (Lipinski definition) is 0. The molecule has 0 amide bonds. The molecule has 0 radical (unpaired) electrons. The predicted octanol–water partition coefficient (Wildman–Crippen LogP) is 2.93. The van der Waals surface area contributed by atoms with Crippen LogP contribution in [0.4, 0.5) is 0 Å². The Labute approximate surface area is 179 Å². The van der Waals surface area contributed by atoms with Crippen LogP contribution in [-0.2, 0) is 38.3 Å². The average molecular weight is 431 g/mol. The van der Waals surface area contributed by atoms with Crippen molar-refractivity contribution in [2.75, 3.05) is 53.9 Å². The van der Waals surface area contributed by atoms with Crippen LogP contribution < -0.4 is 0 Å². The van der Waals surface area contributed by atoms with E-state index in [2.05, 4.69) is 0 Å². The van der Waals surface area contributed by atoms with E-state index in [-0.39, 0.29) is 37.0 Å². The molecule has 2 fully saturated rings. The number of carbonyl (C=O) groups excluding carboxylic acids is 2. The molecule has 0 saturated heterocycles.